The summed E-state index contributed by atoms with van der Waals surface area (Å²) in [7, 11) is 0. The first-order valence-electron chi connectivity index (χ1n) is 4.05. The second-order valence-electron chi connectivity index (χ2n) is 3.57. The van der Waals surface area contributed by atoms with Crippen molar-refractivity contribution in [1.82, 2.24) is 0 Å². The SMILES string of the molecule is CC(O)CC(C)(C)OOC(=O)C(=O)O. The molecule has 0 aromatic carbocycles. The molecule has 0 aliphatic rings. The van der Waals surface area contributed by atoms with Gasteiger partial charge in [0.25, 0.3) is 0 Å². The Kier molecular flexibility index (Phi) is 4.52. The number of hydrogen-bond donors (Lipinski definition) is 2. The molecule has 0 aliphatic heterocycles. The van der Waals surface area contributed by atoms with Crippen molar-refractivity contribution < 1.29 is 29.6 Å². The lowest BCUT2D eigenvalue weighted by Crippen LogP contribution is -2.31. The lowest BCUT2D eigenvalue weighted by Gasteiger charge is -2.23. The van der Waals surface area contributed by atoms with Crippen molar-refractivity contribution in [2.24, 2.45) is 0 Å². The first kappa shape index (κ1) is 12.9. The Morgan fingerprint density at radius 3 is 2.29 bits per heavy atom. The number of aliphatic carboxylic acids is 1. The van der Waals surface area contributed by atoms with Gasteiger partial charge in [0, 0.05) is 6.42 Å². The zero-order valence-corrected chi connectivity index (χ0v) is 8.31. The van der Waals surface area contributed by atoms with Crippen LogP contribution in [0, 0.1) is 0 Å². The summed E-state index contributed by atoms with van der Waals surface area (Å²) in [6, 6.07) is 0. The van der Waals surface area contributed by atoms with Gasteiger partial charge in [-0.1, -0.05) is 0 Å². The highest BCUT2D eigenvalue weighted by molar-refractivity contribution is 6.28. The van der Waals surface area contributed by atoms with Gasteiger partial charge in [-0.2, -0.15) is 4.89 Å². The molecule has 0 amide bonds. The van der Waals surface area contributed by atoms with E-state index >= 15 is 0 Å². The summed E-state index contributed by atoms with van der Waals surface area (Å²) in [6.07, 6.45) is -0.409. The van der Waals surface area contributed by atoms with Crippen molar-refractivity contribution in [3.05, 3.63) is 0 Å². The van der Waals surface area contributed by atoms with Crippen LogP contribution in [0.15, 0.2) is 0 Å². The summed E-state index contributed by atoms with van der Waals surface area (Å²) in [5.41, 5.74) is -0.917. The molecule has 0 aromatic rings. The van der Waals surface area contributed by atoms with Crippen molar-refractivity contribution in [3.8, 4) is 0 Å². The Labute approximate surface area is 81.4 Å². The molecule has 2 N–H and O–H groups in total. The largest absolute Gasteiger partial charge is 0.473 e. The fraction of sp³-hybridized carbons (Fsp3) is 0.750. The number of carbonyl (C=O) groups excluding carboxylic acids is 1. The van der Waals surface area contributed by atoms with Crippen LogP contribution < -0.4 is 0 Å². The number of carboxylic acids is 1. The molecule has 0 heterocycles. The molecule has 82 valence electrons. The number of hydrogen-bond acceptors (Lipinski definition) is 5. The van der Waals surface area contributed by atoms with Gasteiger partial charge in [0.2, 0.25) is 0 Å². The fourth-order valence-corrected chi connectivity index (χ4v) is 0.932. The van der Waals surface area contributed by atoms with E-state index in [-0.39, 0.29) is 6.42 Å². The molecule has 0 fully saturated rings. The van der Waals surface area contributed by atoms with Crippen molar-refractivity contribution in [1.29, 1.82) is 0 Å². The fourth-order valence-electron chi connectivity index (χ4n) is 0.932. The van der Waals surface area contributed by atoms with Gasteiger partial charge >= 0.3 is 11.9 Å². The van der Waals surface area contributed by atoms with Crippen molar-refractivity contribution >= 4 is 11.9 Å². The maximum Gasteiger partial charge on any atom is 0.449 e. The topological polar surface area (TPSA) is 93.1 Å². The van der Waals surface area contributed by atoms with Crippen molar-refractivity contribution in [2.45, 2.75) is 38.9 Å². The summed E-state index contributed by atoms with van der Waals surface area (Å²) < 4.78 is 0. The number of carbonyl (C=O) groups is 2. The Morgan fingerprint density at radius 2 is 1.93 bits per heavy atom. The average molecular weight is 206 g/mol. The summed E-state index contributed by atoms with van der Waals surface area (Å²) in [5.74, 6) is -3.21. The van der Waals surface area contributed by atoms with E-state index in [1.54, 1.807) is 20.8 Å². The zero-order valence-electron chi connectivity index (χ0n) is 8.31. The molecule has 6 heteroatoms. The van der Waals surface area contributed by atoms with Gasteiger partial charge in [-0.3, -0.25) is 4.89 Å². The highest BCUT2D eigenvalue weighted by Crippen LogP contribution is 2.17. The summed E-state index contributed by atoms with van der Waals surface area (Å²) in [6.45, 7) is 4.67. The molecular formula is C8H14O6. The summed E-state index contributed by atoms with van der Waals surface area (Å²) in [4.78, 5) is 29.1. The first-order chi connectivity index (χ1) is 6.24. The minimum atomic E-state index is -1.72. The maximum atomic E-state index is 10.5. The molecule has 14 heavy (non-hydrogen) atoms. The quantitative estimate of drug-likeness (QED) is 0.385. The lowest BCUT2D eigenvalue weighted by atomic mass is 10.0. The lowest BCUT2D eigenvalue weighted by molar-refractivity contribution is -0.327. The van der Waals surface area contributed by atoms with Gasteiger partial charge in [0.05, 0.1) is 6.10 Å². The van der Waals surface area contributed by atoms with E-state index in [0.717, 1.165) is 0 Å². The summed E-state index contributed by atoms with van der Waals surface area (Å²) >= 11 is 0. The third kappa shape index (κ3) is 5.50. The Hall–Kier alpha value is -1.14. The van der Waals surface area contributed by atoms with Crippen LogP contribution in [0.25, 0.3) is 0 Å². The zero-order chi connectivity index (χ0) is 11.4. The van der Waals surface area contributed by atoms with Gasteiger partial charge in [-0.05, 0) is 20.8 Å². The second-order valence-corrected chi connectivity index (χ2v) is 3.57. The molecule has 0 saturated carbocycles. The van der Waals surface area contributed by atoms with Crippen LogP contribution in [0.5, 0.6) is 0 Å². The van der Waals surface area contributed by atoms with Gasteiger partial charge in [0.1, 0.15) is 5.60 Å². The van der Waals surface area contributed by atoms with Gasteiger partial charge in [-0.15, -0.1) is 0 Å². The Morgan fingerprint density at radius 1 is 1.43 bits per heavy atom. The third-order valence-electron chi connectivity index (χ3n) is 1.30. The molecule has 0 saturated heterocycles. The molecule has 0 radical (unpaired) electrons. The van der Waals surface area contributed by atoms with Gasteiger partial charge < -0.3 is 10.2 Å². The number of carboxylic acid groups (broad SMARTS) is 1. The van der Waals surface area contributed by atoms with Crippen LogP contribution in [0.3, 0.4) is 0 Å². The number of aliphatic hydroxyl groups excluding tert-OH is 1. The van der Waals surface area contributed by atoms with E-state index in [4.69, 9.17) is 10.2 Å². The number of aliphatic hydroxyl groups is 1. The molecule has 0 rings (SSSR count). The van der Waals surface area contributed by atoms with Crippen LogP contribution in [-0.4, -0.2) is 33.9 Å². The molecule has 0 spiro atoms. The minimum Gasteiger partial charge on any atom is -0.473 e. The van der Waals surface area contributed by atoms with Gasteiger partial charge in [0.15, 0.2) is 0 Å². The molecule has 6 nitrogen and oxygen atoms in total. The minimum absolute atomic E-state index is 0.222. The van der Waals surface area contributed by atoms with Crippen LogP contribution >= 0.6 is 0 Å². The molecule has 1 unspecified atom stereocenters. The van der Waals surface area contributed by atoms with E-state index in [1.807, 2.05) is 0 Å². The third-order valence-corrected chi connectivity index (χ3v) is 1.30. The van der Waals surface area contributed by atoms with E-state index in [0.29, 0.717) is 0 Å². The van der Waals surface area contributed by atoms with Crippen LogP contribution in [0.1, 0.15) is 27.2 Å². The van der Waals surface area contributed by atoms with Crippen LogP contribution in [0.4, 0.5) is 0 Å². The highest BCUT2D eigenvalue weighted by Gasteiger charge is 2.26. The molecule has 0 aromatic heterocycles. The predicted octanol–water partition coefficient (Wildman–Crippen LogP) is 0.0953. The average Bonchev–Trinajstić information content (AvgIpc) is 1.97. The smallest absolute Gasteiger partial charge is 0.449 e. The predicted molar refractivity (Wildman–Crippen MR) is 45.2 cm³/mol. The van der Waals surface area contributed by atoms with Gasteiger partial charge in [-0.25, -0.2) is 9.59 Å². The van der Waals surface area contributed by atoms with E-state index in [1.165, 1.54) is 0 Å². The first-order valence-corrected chi connectivity index (χ1v) is 4.05. The molecule has 0 bridgehead atoms. The maximum absolute atomic E-state index is 10.5. The van der Waals surface area contributed by atoms with Crippen LogP contribution in [0.2, 0.25) is 0 Å². The molecule has 0 aliphatic carbocycles. The van der Waals surface area contributed by atoms with Crippen molar-refractivity contribution in [3.63, 3.8) is 0 Å². The number of rotatable bonds is 4. The summed E-state index contributed by atoms with van der Waals surface area (Å²) in [5, 5.41) is 17.2. The van der Waals surface area contributed by atoms with E-state index in [2.05, 4.69) is 9.78 Å². The Balaban J connectivity index is 3.98. The highest BCUT2D eigenvalue weighted by atomic mass is 17.2. The van der Waals surface area contributed by atoms with E-state index < -0.39 is 23.6 Å². The second kappa shape index (κ2) is 4.92. The Bertz CT molecular complexity index is 220. The molecule has 1 atom stereocenters. The standard InChI is InChI=1S/C8H14O6/c1-5(9)4-8(2,3)14-13-7(12)6(10)11/h5,9H,4H2,1-3H3,(H,10,11). The normalized spacial score (nSPS) is 13.4. The monoisotopic (exact) mass is 206 g/mol. The van der Waals surface area contributed by atoms with E-state index in [9.17, 15) is 9.59 Å². The van der Waals surface area contributed by atoms with Crippen molar-refractivity contribution in [2.75, 3.05) is 0 Å². The molecular weight excluding hydrogens is 192 g/mol. The van der Waals surface area contributed by atoms with Crippen LogP contribution in [-0.2, 0) is 19.4 Å².